The second-order valence-corrected chi connectivity index (χ2v) is 8.14. The van der Waals surface area contributed by atoms with Gasteiger partial charge in [0.15, 0.2) is 5.96 Å². The summed E-state index contributed by atoms with van der Waals surface area (Å²) in [4.78, 5) is 4.48. The van der Waals surface area contributed by atoms with Gasteiger partial charge in [0.2, 0.25) is 0 Å². The second kappa shape index (κ2) is 6.99. The summed E-state index contributed by atoms with van der Waals surface area (Å²) in [7, 11) is 1.87. The van der Waals surface area contributed by atoms with Crippen LogP contribution in [0.2, 0.25) is 0 Å². The fourth-order valence-corrected chi connectivity index (χ4v) is 5.01. The highest BCUT2D eigenvalue weighted by atomic mass is 16.5. The van der Waals surface area contributed by atoms with Crippen LogP contribution in [0.4, 0.5) is 0 Å². The van der Waals surface area contributed by atoms with E-state index in [1.807, 2.05) is 7.05 Å². The number of benzene rings is 1. The van der Waals surface area contributed by atoms with E-state index in [0.29, 0.717) is 18.2 Å². The molecule has 136 valence electrons. The third kappa shape index (κ3) is 3.41. The number of fused-ring (bicyclic) bond motifs is 2. The smallest absolute Gasteiger partial charge is 0.191 e. The van der Waals surface area contributed by atoms with Gasteiger partial charge in [-0.15, -0.1) is 0 Å². The number of rotatable bonds is 4. The zero-order valence-electron chi connectivity index (χ0n) is 15.6. The standard InChI is InChI=1S/C21H31N3O/c1-15-6-5-7-16(12-15)21(10-3-4-11-21)14-23-20(22-2)24-18-13-17-8-9-19(18)25-17/h5-7,12,17-19H,3-4,8-11,13-14H2,1-2H3,(H2,22,23,24). The molecule has 3 unspecified atom stereocenters. The number of aryl methyl sites for hydroxylation is 1. The lowest BCUT2D eigenvalue weighted by atomic mass is 9.78. The fourth-order valence-electron chi connectivity index (χ4n) is 5.01. The van der Waals surface area contributed by atoms with Gasteiger partial charge in [-0.2, -0.15) is 0 Å². The molecule has 3 atom stereocenters. The van der Waals surface area contributed by atoms with Crippen molar-refractivity contribution in [1.29, 1.82) is 0 Å². The summed E-state index contributed by atoms with van der Waals surface area (Å²) in [5.74, 6) is 0.931. The van der Waals surface area contributed by atoms with Crippen molar-refractivity contribution in [2.24, 2.45) is 4.99 Å². The number of nitrogens with zero attached hydrogens (tertiary/aromatic N) is 1. The maximum atomic E-state index is 5.97. The van der Waals surface area contributed by atoms with Gasteiger partial charge in [-0.3, -0.25) is 4.99 Å². The minimum atomic E-state index is 0.245. The summed E-state index contributed by atoms with van der Waals surface area (Å²) >= 11 is 0. The molecule has 25 heavy (non-hydrogen) atoms. The molecule has 2 heterocycles. The van der Waals surface area contributed by atoms with Crippen molar-refractivity contribution in [1.82, 2.24) is 10.6 Å². The number of ether oxygens (including phenoxy) is 1. The van der Waals surface area contributed by atoms with Crippen molar-refractivity contribution >= 4 is 5.96 Å². The number of nitrogens with one attached hydrogen (secondary N) is 2. The fraction of sp³-hybridized carbons (Fsp3) is 0.667. The van der Waals surface area contributed by atoms with Crippen molar-refractivity contribution in [2.45, 2.75) is 75.5 Å². The normalized spacial score (nSPS) is 30.6. The maximum Gasteiger partial charge on any atom is 0.191 e. The van der Waals surface area contributed by atoms with Crippen molar-refractivity contribution in [3.8, 4) is 0 Å². The third-order valence-electron chi connectivity index (χ3n) is 6.44. The predicted molar refractivity (Wildman–Crippen MR) is 102 cm³/mol. The maximum absolute atomic E-state index is 5.97. The molecule has 2 saturated heterocycles. The van der Waals surface area contributed by atoms with Crippen LogP contribution in [-0.4, -0.2) is 37.8 Å². The minimum absolute atomic E-state index is 0.245. The van der Waals surface area contributed by atoms with Crippen LogP contribution >= 0.6 is 0 Å². The van der Waals surface area contributed by atoms with Gasteiger partial charge in [-0.05, 0) is 44.6 Å². The largest absolute Gasteiger partial charge is 0.373 e. The molecule has 2 N–H and O–H groups in total. The van der Waals surface area contributed by atoms with E-state index in [0.717, 1.165) is 18.9 Å². The number of hydrogen-bond acceptors (Lipinski definition) is 2. The van der Waals surface area contributed by atoms with Gasteiger partial charge in [0.05, 0.1) is 18.2 Å². The number of hydrogen-bond donors (Lipinski definition) is 2. The molecule has 4 nitrogen and oxygen atoms in total. The zero-order valence-corrected chi connectivity index (χ0v) is 15.6. The van der Waals surface area contributed by atoms with E-state index in [1.165, 1.54) is 49.7 Å². The number of guanidine groups is 1. The molecule has 1 aromatic carbocycles. The van der Waals surface area contributed by atoms with Crippen molar-refractivity contribution < 1.29 is 4.74 Å². The Kier molecular flexibility index (Phi) is 4.72. The Balaban J connectivity index is 1.42. The van der Waals surface area contributed by atoms with E-state index in [9.17, 15) is 0 Å². The first-order valence-corrected chi connectivity index (χ1v) is 9.88. The molecule has 1 aliphatic carbocycles. The van der Waals surface area contributed by atoms with Gasteiger partial charge in [0.25, 0.3) is 0 Å². The van der Waals surface area contributed by atoms with E-state index < -0.39 is 0 Å². The van der Waals surface area contributed by atoms with E-state index in [2.05, 4.69) is 46.8 Å². The van der Waals surface area contributed by atoms with Crippen LogP contribution in [0.25, 0.3) is 0 Å². The predicted octanol–water partition coefficient (Wildman–Crippen LogP) is 3.29. The average molecular weight is 341 g/mol. The number of aliphatic imine (C=N–C) groups is 1. The summed E-state index contributed by atoms with van der Waals surface area (Å²) in [6, 6.07) is 9.48. The van der Waals surface area contributed by atoms with Crippen LogP contribution in [0.3, 0.4) is 0 Å². The van der Waals surface area contributed by atoms with E-state index in [-0.39, 0.29) is 5.41 Å². The highest BCUT2D eigenvalue weighted by Crippen LogP contribution is 2.41. The Bertz CT molecular complexity index is 636. The molecular weight excluding hydrogens is 310 g/mol. The molecule has 0 radical (unpaired) electrons. The monoisotopic (exact) mass is 341 g/mol. The highest BCUT2D eigenvalue weighted by molar-refractivity contribution is 5.80. The third-order valence-corrected chi connectivity index (χ3v) is 6.44. The highest BCUT2D eigenvalue weighted by Gasteiger charge is 2.41. The summed E-state index contributed by atoms with van der Waals surface area (Å²) in [6.07, 6.45) is 9.54. The van der Waals surface area contributed by atoms with Crippen LogP contribution in [-0.2, 0) is 10.2 Å². The Hall–Kier alpha value is -1.55. The van der Waals surface area contributed by atoms with E-state index in [1.54, 1.807) is 0 Å². The van der Waals surface area contributed by atoms with Gasteiger partial charge in [0, 0.05) is 19.0 Å². The van der Waals surface area contributed by atoms with Crippen LogP contribution in [0, 0.1) is 6.92 Å². The molecule has 0 spiro atoms. The quantitative estimate of drug-likeness (QED) is 0.652. The Morgan fingerprint density at radius 3 is 2.76 bits per heavy atom. The SMILES string of the molecule is CN=C(NCC1(c2cccc(C)c2)CCCC1)NC1CC2CCC1O2. The van der Waals surface area contributed by atoms with Crippen LogP contribution < -0.4 is 10.6 Å². The minimum Gasteiger partial charge on any atom is -0.373 e. The van der Waals surface area contributed by atoms with Gasteiger partial charge < -0.3 is 15.4 Å². The summed E-state index contributed by atoms with van der Waals surface area (Å²) in [6.45, 7) is 3.15. The van der Waals surface area contributed by atoms with E-state index in [4.69, 9.17) is 4.74 Å². The molecule has 1 saturated carbocycles. The second-order valence-electron chi connectivity index (χ2n) is 8.14. The van der Waals surface area contributed by atoms with Crippen molar-refractivity contribution in [3.63, 3.8) is 0 Å². The lowest BCUT2D eigenvalue weighted by molar-refractivity contribution is 0.0992. The lowest BCUT2D eigenvalue weighted by Gasteiger charge is -2.32. The van der Waals surface area contributed by atoms with Gasteiger partial charge in [-0.25, -0.2) is 0 Å². The molecule has 3 aliphatic rings. The summed E-state index contributed by atoms with van der Waals surface area (Å²) in [5, 5.41) is 7.25. The van der Waals surface area contributed by atoms with Gasteiger partial charge in [0.1, 0.15) is 0 Å². The molecule has 2 aliphatic heterocycles. The first-order chi connectivity index (χ1) is 12.2. The molecule has 0 aromatic heterocycles. The van der Waals surface area contributed by atoms with Crippen LogP contribution in [0.5, 0.6) is 0 Å². The molecule has 1 aromatic rings. The Morgan fingerprint density at radius 1 is 1.28 bits per heavy atom. The Labute approximate surface area is 151 Å². The van der Waals surface area contributed by atoms with Crippen molar-refractivity contribution in [3.05, 3.63) is 35.4 Å². The topological polar surface area (TPSA) is 45.7 Å². The van der Waals surface area contributed by atoms with Crippen LogP contribution in [0.1, 0.15) is 56.1 Å². The first kappa shape index (κ1) is 16.9. The first-order valence-electron chi connectivity index (χ1n) is 9.88. The van der Waals surface area contributed by atoms with E-state index >= 15 is 0 Å². The summed E-state index contributed by atoms with van der Waals surface area (Å²) < 4.78 is 5.97. The van der Waals surface area contributed by atoms with Crippen LogP contribution in [0.15, 0.2) is 29.3 Å². The zero-order chi connectivity index (χ0) is 17.3. The van der Waals surface area contributed by atoms with Gasteiger partial charge in [-0.1, -0.05) is 42.7 Å². The molecule has 4 heteroatoms. The molecular formula is C21H31N3O. The molecule has 4 rings (SSSR count). The lowest BCUT2D eigenvalue weighted by Crippen LogP contribution is -2.50. The summed E-state index contributed by atoms with van der Waals surface area (Å²) in [5.41, 5.74) is 3.08. The molecule has 0 amide bonds. The molecule has 2 bridgehead atoms. The van der Waals surface area contributed by atoms with Gasteiger partial charge >= 0.3 is 0 Å². The van der Waals surface area contributed by atoms with Crippen molar-refractivity contribution in [2.75, 3.05) is 13.6 Å². The average Bonchev–Trinajstić information content (AvgIpc) is 3.35. The molecule has 3 fully saturated rings. The Morgan fingerprint density at radius 2 is 2.12 bits per heavy atom.